The predicted molar refractivity (Wildman–Crippen MR) is 68.0 cm³/mol. The van der Waals surface area contributed by atoms with Gasteiger partial charge in [0, 0.05) is 5.57 Å². The van der Waals surface area contributed by atoms with Gasteiger partial charge in [0.25, 0.3) is 5.91 Å². The second-order valence-corrected chi connectivity index (χ2v) is 4.14. The molecule has 4 nitrogen and oxygen atoms in total. The van der Waals surface area contributed by atoms with Crippen molar-refractivity contribution in [2.75, 3.05) is 6.61 Å². The lowest BCUT2D eigenvalue weighted by Gasteiger charge is -2.04. The van der Waals surface area contributed by atoms with Gasteiger partial charge in [-0.15, -0.1) is 0 Å². The lowest BCUT2D eigenvalue weighted by molar-refractivity contribution is -0.124. The Morgan fingerprint density at radius 2 is 2.00 bits per heavy atom. The fraction of sp³-hybridized carbons (Fsp3) is 0.286. The van der Waals surface area contributed by atoms with E-state index in [0.29, 0.717) is 12.2 Å². The van der Waals surface area contributed by atoms with Crippen LogP contribution in [0.2, 0.25) is 0 Å². The second-order valence-electron chi connectivity index (χ2n) is 4.14. The molecule has 2 rings (SSSR count). The maximum atomic E-state index is 11.4. The molecule has 0 bridgehead atoms. The van der Waals surface area contributed by atoms with E-state index < -0.39 is 0 Å². The topological polar surface area (TPSA) is 55.4 Å². The van der Waals surface area contributed by atoms with Gasteiger partial charge in [0.2, 0.25) is 5.91 Å². The van der Waals surface area contributed by atoms with Gasteiger partial charge >= 0.3 is 0 Å². The van der Waals surface area contributed by atoms with Crippen molar-refractivity contribution in [3.63, 3.8) is 0 Å². The molecular weight excluding hydrogens is 230 g/mol. The average Bonchev–Trinajstić information content (AvgIpc) is 2.67. The highest BCUT2D eigenvalue weighted by atomic mass is 16.5. The summed E-state index contributed by atoms with van der Waals surface area (Å²) in [7, 11) is 0. The first kappa shape index (κ1) is 12.4. The van der Waals surface area contributed by atoms with Crippen LogP contribution >= 0.6 is 0 Å². The lowest BCUT2D eigenvalue weighted by Crippen LogP contribution is -2.19. The van der Waals surface area contributed by atoms with Crippen molar-refractivity contribution >= 4 is 17.9 Å². The summed E-state index contributed by atoms with van der Waals surface area (Å²) in [6.07, 6.45) is 2.85. The Morgan fingerprint density at radius 1 is 1.28 bits per heavy atom. The third-order valence-corrected chi connectivity index (χ3v) is 2.59. The van der Waals surface area contributed by atoms with Crippen molar-refractivity contribution in [2.24, 2.45) is 0 Å². The first-order chi connectivity index (χ1) is 8.69. The first-order valence-electron chi connectivity index (χ1n) is 5.96. The zero-order chi connectivity index (χ0) is 13.0. The minimum atomic E-state index is -0.300. The number of rotatable bonds is 4. The van der Waals surface area contributed by atoms with Crippen LogP contribution < -0.4 is 10.1 Å². The average molecular weight is 245 g/mol. The molecule has 0 atom stereocenters. The molecule has 0 aromatic heterocycles. The Morgan fingerprint density at radius 3 is 2.56 bits per heavy atom. The normalized spacial score (nSPS) is 17.1. The van der Waals surface area contributed by atoms with Gasteiger partial charge in [-0.3, -0.25) is 14.9 Å². The molecule has 0 spiro atoms. The quantitative estimate of drug-likeness (QED) is 0.651. The Labute approximate surface area is 106 Å². The van der Waals surface area contributed by atoms with E-state index in [4.69, 9.17) is 4.74 Å². The van der Waals surface area contributed by atoms with Crippen LogP contribution in [0.25, 0.3) is 6.08 Å². The molecule has 1 aliphatic rings. The zero-order valence-electron chi connectivity index (χ0n) is 10.2. The van der Waals surface area contributed by atoms with Crippen LogP contribution in [0.15, 0.2) is 29.8 Å². The Bertz CT molecular complexity index is 488. The molecule has 1 heterocycles. The van der Waals surface area contributed by atoms with Crippen molar-refractivity contribution in [1.82, 2.24) is 5.32 Å². The molecule has 0 saturated carbocycles. The summed E-state index contributed by atoms with van der Waals surface area (Å²) < 4.78 is 5.46. The molecule has 1 aliphatic heterocycles. The van der Waals surface area contributed by atoms with Crippen molar-refractivity contribution in [3.8, 4) is 5.75 Å². The number of carbonyl (C=O) groups excluding carboxylic acids is 2. The maximum Gasteiger partial charge on any atom is 0.254 e. The monoisotopic (exact) mass is 245 g/mol. The molecule has 0 aliphatic carbocycles. The van der Waals surface area contributed by atoms with E-state index in [9.17, 15) is 9.59 Å². The summed E-state index contributed by atoms with van der Waals surface area (Å²) >= 11 is 0. The van der Waals surface area contributed by atoms with E-state index in [0.717, 1.165) is 17.7 Å². The fourth-order valence-corrected chi connectivity index (χ4v) is 1.70. The number of amides is 2. The summed E-state index contributed by atoms with van der Waals surface area (Å²) in [5, 5.41) is 2.26. The Balaban J connectivity index is 2.08. The molecule has 0 unspecified atom stereocenters. The molecule has 1 aromatic rings. The van der Waals surface area contributed by atoms with Gasteiger partial charge in [-0.05, 0) is 30.2 Å². The highest BCUT2D eigenvalue weighted by Crippen LogP contribution is 2.17. The molecular formula is C14H15NO3. The molecule has 4 heteroatoms. The molecule has 94 valence electrons. The SMILES string of the molecule is CCCOc1ccc(C=C2CC(=O)NC2=O)cc1. The van der Waals surface area contributed by atoms with Gasteiger partial charge in [0.05, 0.1) is 13.0 Å². The molecule has 1 N–H and O–H groups in total. The van der Waals surface area contributed by atoms with Crippen LogP contribution in [0.1, 0.15) is 25.3 Å². The van der Waals surface area contributed by atoms with Crippen LogP contribution in [-0.2, 0) is 9.59 Å². The minimum Gasteiger partial charge on any atom is -0.494 e. The van der Waals surface area contributed by atoms with Crippen LogP contribution in [0, 0.1) is 0 Å². The van der Waals surface area contributed by atoms with Gasteiger partial charge in [-0.1, -0.05) is 19.1 Å². The van der Waals surface area contributed by atoms with Crippen molar-refractivity contribution in [3.05, 3.63) is 35.4 Å². The highest BCUT2D eigenvalue weighted by Gasteiger charge is 2.23. The number of nitrogens with one attached hydrogen (secondary N) is 1. The summed E-state index contributed by atoms with van der Waals surface area (Å²) in [6.45, 7) is 2.74. The van der Waals surface area contributed by atoms with Crippen LogP contribution in [0.3, 0.4) is 0 Å². The third-order valence-electron chi connectivity index (χ3n) is 2.59. The maximum absolute atomic E-state index is 11.4. The summed E-state index contributed by atoms with van der Waals surface area (Å²) in [6, 6.07) is 7.45. The summed E-state index contributed by atoms with van der Waals surface area (Å²) in [5.74, 6) is 0.270. The number of carbonyl (C=O) groups is 2. The fourth-order valence-electron chi connectivity index (χ4n) is 1.70. The van der Waals surface area contributed by atoms with Gasteiger partial charge in [-0.2, -0.15) is 0 Å². The zero-order valence-corrected chi connectivity index (χ0v) is 10.2. The molecule has 1 aromatic carbocycles. The summed E-state index contributed by atoms with van der Waals surface area (Å²) in [5.41, 5.74) is 1.39. The minimum absolute atomic E-state index is 0.160. The van der Waals surface area contributed by atoms with Crippen molar-refractivity contribution in [1.29, 1.82) is 0 Å². The van der Waals surface area contributed by atoms with Gasteiger partial charge in [-0.25, -0.2) is 0 Å². The van der Waals surface area contributed by atoms with Gasteiger partial charge < -0.3 is 4.74 Å². The van der Waals surface area contributed by atoms with Crippen molar-refractivity contribution in [2.45, 2.75) is 19.8 Å². The number of benzene rings is 1. The van der Waals surface area contributed by atoms with E-state index in [1.54, 1.807) is 6.08 Å². The molecule has 1 fully saturated rings. The smallest absolute Gasteiger partial charge is 0.254 e. The van der Waals surface area contributed by atoms with Crippen molar-refractivity contribution < 1.29 is 14.3 Å². The van der Waals surface area contributed by atoms with Gasteiger partial charge in [0.15, 0.2) is 0 Å². The van der Waals surface area contributed by atoms with Crippen LogP contribution in [0.5, 0.6) is 5.75 Å². The van der Waals surface area contributed by atoms with E-state index in [2.05, 4.69) is 12.2 Å². The van der Waals surface area contributed by atoms with Crippen LogP contribution in [-0.4, -0.2) is 18.4 Å². The predicted octanol–water partition coefficient (Wildman–Crippen LogP) is 1.91. The summed E-state index contributed by atoms with van der Waals surface area (Å²) in [4.78, 5) is 22.4. The van der Waals surface area contributed by atoms with E-state index >= 15 is 0 Å². The highest BCUT2D eigenvalue weighted by molar-refractivity contribution is 6.15. The number of ether oxygens (including phenoxy) is 1. The first-order valence-corrected chi connectivity index (χ1v) is 5.96. The van der Waals surface area contributed by atoms with Crippen LogP contribution in [0.4, 0.5) is 0 Å². The molecule has 2 amide bonds. The number of imide groups is 1. The standard InChI is InChI=1S/C14H15NO3/c1-2-7-18-12-5-3-10(4-6-12)8-11-9-13(16)15-14(11)17/h3-6,8H,2,7,9H2,1H3,(H,15,16,17). The van der Waals surface area contributed by atoms with E-state index in [-0.39, 0.29) is 18.2 Å². The molecule has 0 radical (unpaired) electrons. The molecule has 1 saturated heterocycles. The van der Waals surface area contributed by atoms with E-state index in [1.165, 1.54) is 0 Å². The third kappa shape index (κ3) is 2.97. The molecule has 18 heavy (non-hydrogen) atoms. The number of hydrogen-bond donors (Lipinski definition) is 1. The Kier molecular flexibility index (Phi) is 3.77. The Hall–Kier alpha value is -2.10. The van der Waals surface area contributed by atoms with Gasteiger partial charge in [0.1, 0.15) is 5.75 Å². The number of hydrogen-bond acceptors (Lipinski definition) is 3. The lowest BCUT2D eigenvalue weighted by atomic mass is 10.1. The van der Waals surface area contributed by atoms with E-state index in [1.807, 2.05) is 24.3 Å². The largest absolute Gasteiger partial charge is 0.494 e. The second kappa shape index (κ2) is 5.49.